The number of methoxy groups -OCH3 is 1. The molecule has 4 heteroatoms. The van der Waals surface area contributed by atoms with Crippen molar-refractivity contribution in [3.8, 4) is 0 Å². The molecule has 0 bridgehead atoms. The molecule has 15 heavy (non-hydrogen) atoms. The Kier molecular flexibility index (Phi) is 11.1. The summed E-state index contributed by atoms with van der Waals surface area (Å²) in [5.41, 5.74) is 0. The first-order valence-corrected chi connectivity index (χ1v) is 6.61. The van der Waals surface area contributed by atoms with Crippen LogP contribution in [0.5, 0.6) is 0 Å². The summed E-state index contributed by atoms with van der Waals surface area (Å²) in [6.07, 6.45) is 2.57. The summed E-state index contributed by atoms with van der Waals surface area (Å²) < 4.78 is 16.1. The zero-order valence-electron chi connectivity index (χ0n) is 10.0. The molecule has 0 radical (unpaired) electrons. The molecular weight excluding hydrogens is 260 g/mol. The number of rotatable bonds is 10. The van der Waals surface area contributed by atoms with Crippen molar-refractivity contribution in [1.29, 1.82) is 0 Å². The van der Waals surface area contributed by atoms with Gasteiger partial charge >= 0.3 is 0 Å². The minimum Gasteiger partial charge on any atom is -0.382 e. The molecule has 0 N–H and O–H groups in total. The Balaban J connectivity index is 3.28. The Morgan fingerprint density at radius 3 is 2.27 bits per heavy atom. The molecule has 0 amide bonds. The maximum absolute atomic E-state index is 5.59. The molecule has 0 rings (SSSR count). The Hall–Kier alpha value is 0.360. The van der Waals surface area contributed by atoms with E-state index in [-0.39, 0.29) is 12.2 Å². The summed E-state index contributed by atoms with van der Waals surface area (Å²) in [6, 6.07) is 0. The predicted molar refractivity (Wildman–Crippen MR) is 65.7 cm³/mol. The van der Waals surface area contributed by atoms with Crippen LogP contribution in [0.4, 0.5) is 0 Å². The van der Waals surface area contributed by atoms with E-state index in [2.05, 4.69) is 15.9 Å². The molecule has 0 aliphatic carbocycles. The lowest BCUT2D eigenvalue weighted by atomic mass is 10.3. The van der Waals surface area contributed by atoms with Crippen molar-refractivity contribution in [2.75, 3.05) is 32.3 Å². The number of hydrogen-bond acceptors (Lipinski definition) is 3. The lowest BCUT2D eigenvalue weighted by molar-refractivity contribution is -0.0512. The van der Waals surface area contributed by atoms with Crippen LogP contribution in [0.3, 0.4) is 0 Å². The lowest BCUT2D eigenvalue weighted by Crippen LogP contribution is -2.23. The highest BCUT2D eigenvalue weighted by atomic mass is 79.9. The fraction of sp³-hybridized carbons (Fsp3) is 1.00. The maximum atomic E-state index is 5.59. The molecular formula is C11H23BrO3. The molecule has 0 aliphatic heterocycles. The smallest absolute Gasteiger partial charge is 0.0781 e. The molecule has 0 saturated heterocycles. The summed E-state index contributed by atoms with van der Waals surface area (Å²) in [7, 11) is 1.68. The number of unbranched alkanes of at least 4 members (excludes halogenated alkanes) is 1. The fourth-order valence-electron chi connectivity index (χ4n) is 1.11. The molecule has 3 nitrogen and oxygen atoms in total. The number of ether oxygens (including phenoxy) is 3. The van der Waals surface area contributed by atoms with Crippen molar-refractivity contribution in [2.45, 2.75) is 38.9 Å². The number of hydrogen-bond donors (Lipinski definition) is 0. The normalized spacial score (nSPS) is 15.2. The van der Waals surface area contributed by atoms with E-state index < -0.39 is 0 Å². The molecule has 0 aromatic rings. The highest BCUT2D eigenvalue weighted by Crippen LogP contribution is 2.00. The third kappa shape index (κ3) is 10.6. The Bertz CT molecular complexity index is 133. The summed E-state index contributed by atoms with van der Waals surface area (Å²) in [6.45, 7) is 6.12. The SMILES string of the molecule is COCC(C)OCC(C)OCCCCBr. The average Bonchev–Trinajstić information content (AvgIpc) is 2.22. The topological polar surface area (TPSA) is 27.7 Å². The van der Waals surface area contributed by atoms with Crippen molar-refractivity contribution in [3.63, 3.8) is 0 Å². The van der Waals surface area contributed by atoms with E-state index in [1.807, 2.05) is 13.8 Å². The Morgan fingerprint density at radius 1 is 1.00 bits per heavy atom. The van der Waals surface area contributed by atoms with E-state index in [4.69, 9.17) is 14.2 Å². The van der Waals surface area contributed by atoms with Crippen LogP contribution in [0.1, 0.15) is 26.7 Å². The van der Waals surface area contributed by atoms with Gasteiger partial charge < -0.3 is 14.2 Å². The second-order valence-electron chi connectivity index (χ2n) is 3.68. The molecule has 0 fully saturated rings. The molecule has 0 heterocycles. The van der Waals surface area contributed by atoms with Crippen LogP contribution in [0, 0.1) is 0 Å². The highest BCUT2D eigenvalue weighted by molar-refractivity contribution is 9.09. The van der Waals surface area contributed by atoms with Crippen LogP contribution in [-0.4, -0.2) is 44.5 Å². The van der Waals surface area contributed by atoms with Gasteiger partial charge in [-0.05, 0) is 26.7 Å². The Labute approximate surface area is 102 Å². The van der Waals surface area contributed by atoms with Crippen LogP contribution >= 0.6 is 15.9 Å². The van der Waals surface area contributed by atoms with E-state index in [0.29, 0.717) is 13.2 Å². The summed E-state index contributed by atoms with van der Waals surface area (Å²) in [5, 5.41) is 1.05. The lowest BCUT2D eigenvalue weighted by Gasteiger charge is -2.17. The van der Waals surface area contributed by atoms with Gasteiger partial charge in [0.2, 0.25) is 0 Å². The first-order valence-electron chi connectivity index (χ1n) is 5.48. The third-order valence-electron chi connectivity index (χ3n) is 1.95. The van der Waals surface area contributed by atoms with Crippen molar-refractivity contribution in [1.82, 2.24) is 0 Å². The average molecular weight is 283 g/mol. The van der Waals surface area contributed by atoms with Gasteiger partial charge in [-0.1, -0.05) is 15.9 Å². The Morgan fingerprint density at radius 2 is 1.67 bits per heavy atom. The van der Waals surface area contributed by atoms with Crippen LogP contribution < -0.4 is 0 Å². The molecule has 92 valence electrons. The first-order chi connectivity index (χ1) is 7.20. The first kappa shape index (κ1) is 15.4. The van der Waals surface area contributed by atoms with Crippen LogP contribution in [0.2, 0.25) is 0 Å². The zero-order valence-corrected chi connectivity index (χ0v) is 11.6. The fourth-order valence-corrected chi connectivity index (χ4v) is 1.51. The van der Waals surface area contributed by atoms with E-state index in [1.54, 1.807) is 7.11 Å². The third-order valence-corrected chi connectivity index (χ3v) is 2.51. The highest BCUT2D eigenvalue weighted by Gasteiger charge is 2.06. The van der Waals surface area contributed by atoms with Crippen LogP contribution in [0.25, 0.3) is 0 Å². The van der Waals surface area contributed by atoms with E-state index in [9.17, 15) is 0 Å². The second kappa shape index (κ2) is 10.9. The largest absolute Gasteiger partial charge is 0.382 e. The number of alkyl halides is 1. The van der Waals surface area contributed by atoms with Gasteiger partial charge in [0.05, 0.1) is 25.4 Å². The molecule has 0 aromatic heterocycles. The molecule has 0 saturated carbocycles. The minimum absolute atomic E-state index is 0.142. The van der Waals surface area contributed by atoms with Crippen molar-refractivity contribution in [2.24, 2.45) is 0 Å². The van der Waals surface area contributed by atoms with Gasteiger partial charge in [0.1, 0.15) is 0 Å². The maximum Gasteiger partial charge on any atom is 0.0781 e. The standard InChI is InChI=1S/C11H23BrO3/c1-10(8-13-3)15-9-11(2)14-7-5-4-6-12/h10-11H,4-9H2,1-3H3. The van der Waals surface area contributed by atoms with Crippen molar-refractivity contribution < 1.29 is 14.2 Å². The second-order valence-corrected chi connectivity index (χ2v) is 4.47. The van der Waals surface area contributed by atoms with Gasteiger partial charge in [-0.3, -0.25) is 0 Å². The molecule has 2 unspecified atom stereocenters. The molecule has 0 spiro atoms. The van der Waals surface area contributed by atoms with Crippen molar-refractivity contribution >= 4 is 15.9 Å². The van der Waals surface area contributed by atoms with Gasteiger partial charge in [0.15, 0.2) is 0 Å². The van der Waals surface area contributed by atoms with Crippen molar-refractivity contribution in [3.05, 3.63) is 0 Å². The van der Waals surface area contributed by atoms with Gasteiger partial charge in [0, 0.05) is 19.0 Å². The van der Waals surface area contributed by atoms with Gasteiger partial charge in [0.25, 0.3) is 0 Å². The van der Waals surface area contributed by atoms with Gasteiger partial charge in [-0.15, -0.1) is 0 Å². The van der Waals surface area contributed by atoms with E-state index >= 15 is 0 Å². The molecule has 0 aliphatic rings. The summed E-state index contributed by atoms with van der Waals surface area (Å²) in [4.78, 5) is 0. The molecule has 2 atom stereocenters. The van der Waals surface area contributed by atoms with Crippen LogP contribution in [0.15, 0.2) is 0 Å². The minimum atomic E-state index is 0.142. The predicted octanol–water partition coefficient (Wildman–Crippen LogP) is 2.62. The molecule has 0 aromatic carbocycles. The van der Waals surface area contributed by atoms with Gasteiger partial charge in [-0.25, -0.2) is 0 Å². The monoisotopic (exact) mass is 282 g/mol. The zero-order chi connectivity index (χ0) is 11.5. The summed E-state index contributed by atoms with van der Waals surface area (Å²) in [5.74, 6) is 0. The summed E-state index contributed by atoms with van der Waals surface area (Å²) >= 11 is 3.39. The van der Waals surface area contributed by atoms with E-state index in [1.165, 1.54) is 0 Å². The quantitative estimate of drug-likeness (QED) is 0.455. The van der Waals surface area contributed by atoms with E-state index in [0.717, 1.165) is 24.8 Å². The van der Waals surface area contributed by atoms with Crippen LogP contribution in [-0.2, 0) is 14.2 Å². The van der Waals surface area contributed by atoms with Gasteiger partial charge in [-0.2, -0.15) is 0 Å². The number of halogens is 1.